The predicted octanol–water partition coefficient (Wildman–Crippen LogP) is 1.76. The summed E-state index contributed by atoms with van der Waals surface area (Å²) in [5, 5.41) is 8.04. The molecule has 2 heterocycles. The van der Waals surface area contributed by atoms with Crippen molar-refractivity contribution in [3.63, 3.8) is 0 Å². The molecule has 1 aromatic heterocycles. The number of hydrogen-bond acceptors (Lipinski definition) is 3. The number of rotatable bonds is 5. The molecule has 0 unspecified atom stereocenters. The molecule has 1 saturated heterocycles. The van der Waals surface area contributed by atoms with Crippen molar-refractivity contribution >= 4 is 11.8 Å². The van der Waals surface area contributed by atoms with Gasteiger partial charge in [0.2, 0.25) is 0 Å². The summed E-state index contributed by atoms with van der Waals surface area (Å²) in [7, 11) is 0. The van der Waals surface area contributed by atoms with Crippen LogP contribution in [-0.2, 0) is 6.54 Å². The van der Waals surface area contributed by atoms with Crippen molar-refractivity contribution in [3.8, 4) is 0 Å². The van der Waals surface area contributed by atoms with Gasteiger partial charge in [0.1, 0.15) is 0 Å². The van der Waals surface area contributed by atoms with Crippen LogP contribution in [0.25, 0.3) is 0 Å². The summed E-state index contributed by atoms with van der Waals surface area (Å²) >= 11 is 2.08. The molecule has 1 aromatic rings. The molecule has 4 heteroatoms. The fraction of sp³-hybridized carbons (Fsp3) is 0.750. The van der Waals surface area contributed by atoms with Gasteiger partial charge in [0.15, 0.2) is 0 Å². The first-order valence-electron chi connectivity index (χ1n) is 6.15. The zero-order valence-electron chi connectivity index (χ0n) is 9.56. The average Bonchev–Trinajstić information content (AvgIpc) is 2.76. The molecule has 1 saturated carbocycles. The molecule has 3 nitrogen and oxygen atoms in total. The largest absolute Gasteiger partial charge is 0.313 e. The van der Waals surface area contributed by atoms with Crippen LogP contribution in [0.2, 0.25) is 0 Å². The van der Waals surface area contributed by atoms with E-state index in [1.165, 1.54) is 37.3 Å². The SMILES string of the molecule is c1cnn(CC2(CN[C@H]3CCSC3)CC2)c1. The van der Waals surface area contributed by atoms with Gasteiger partial charge in [-0.05, 0) is 31.1 Å². The standard InChI is InChI=1S/C12H19N3S/c1-5-14-15(6-1)10-12(3-4-12)9-13-11-2-7-16-8-11/h1,5-6,11,13H,2-4,7-10H2/t11-/m0/s1. The minimum Gasteiger partial charge on any atom is -0.313 e. The van der Waals surface area contributed by atoms with Crippen LogP contribution in [0.4, 0.5) is 0 Å². The van der Waals surface area contributed by atoms with Crippen molar-refractivity contribution in [3.05, 3.63) is 18.5 Å². The van der Waals surface area contributed by atoms with Gasteiger partial charge in [-0.15, -0.1) is 0 Å². The van der Waals surface area contributed by atoms with Gasteiger partial charge < -0.3 is 5.32 Å². The summed E-state index contributed by atoms with van der Waals surface area (Å²) in [5.74, 6) is 2.64. The summed E-state index contributed by atoms with van der Waals surface area (Å²) < 4.78 is 2.08. The van der Waals surface area contributed by atoms with Crippen LogP contribution in [0.5, 0.6) is 0 Å². The van der Waals surface area contributed by atoms with Crippen molar-refractivity contribution in [2.24, 2.45) is 5.41 Å². The molecule has 1 aliphatic carbocycles. The lowest BCUT2D eigenvalue weighted by atomic mass is 10.1. The summed E-state index contributed by atoms with van der Waals surface area (Å²) in [6.45, 7) is 2.27. The minimum absolute atomic E-state index is 0.513. The monoisotopic (exact) mass is 237 g/mol. The van der Waals surface area contributed by atoms with Crippen LogP contribution in [0, 0.1) is 5.41 Å². The Morgan fingerprint density at radius 1 is 1.50 bits per heavy atom. The molecule has 0 aromatic carbocycles. The molecule has 3 rings (SSSR count). The highest BCUT2D eigenvalue weighted by atomic mass is 32.2. The number of nitrogens with one attached hydrogen (secondary N) is 1. The van der Waals surface area contributed by atoms with Gasteiger partial charge in [-0.1, -0.05) is 0 Å². The smallest absolute Gasteiger partial charge is 0.0489 e. The highest BCUT2D eigenvalue weighted by Gasteiger charge is 2.43. The molecule has 0 radical (unpaired) electrons. The quantitative estimate of drug-likeness (QED) is 0.846. The summed E-state index contributed by atoms with van der Waals surface area (Å²) in [4.78, 5) is 0. The summed E-state index contributed by atoms with van der Waals surface area (Å²) in [6, 6.07) is 2.78. The molecule has 0 amide bonds. The second-order valence-electron chi connectivity index (χ2n) is 5.15. The Labute approximate surface area is 101 Å². The Hall–Kier alpha value is -0.480. The van der Waals surface area contributed by atoms with Gasteiger partial charge in [0.25, 0.3) is 0 Å². The molecule has 0 bridgehead atoms. The Balaban J connectivity index is 1.49. The maximum absolute atomic E-state index is 4.31. The number of aromatic nitrogens is 2. The molecule has 16 heavy (non-hydrogen) atoms. The molecule has 1 aliphatic heterocycles. The van der Waals surface area contributed by atoms with Crippen molar-refractivity contribution in [2.45, 2.75) is 31.8 Å². The van der Waals surface area contributed by atoms with Crippen LogP contribution < -0.4 is 5.32 Å². The first-order valence-corrected chi connectivity index (χ1v) is 7.30. The predicted molar refractivity (Wildman–Crippen MR) is 67.6 cm³/mol. The van der Waals surface area contributed by atoms with Gasteiger partial charge >= 0.3 is 0 Å². The van der Waals surface area contributed by atoms with Gasteiger partial charge in [-0.25, -0.2) is 0 Å². The highest BCUT2D eigenvalue weighted by molar-refractivity contribution is 7.99. The Morgan fingerprint density at radius 3 is 3.06 bits per heavy atom. The van der Waals surface area contributed by atoms with Crippen molar-refractivity contribution in [1.82, 2.24) is 15.1 Å². The topological polar surface area (TPSA) is 29.9 Å². The average molecular weight is 237 g/mol. The van der Waals surface area contributed by atoms with Crippen molar-refractivity contribution < 1.29 is 0 Å². The van der Waals surface area contributed by atoms with Gasteiger partial charge in [-0.2, -0.15) is 16.9 Å². The Morgan fingerprint density at radius 2 is 2.44 bits per heavy atom. The molecule has 0 spiro atoms. The highest BCUT2D eigenvalue weighted by Crippen LogP contribution is 2.46. The number of nitrogens with zero attached hydrogens (tertiary/aromatic N) is 2. The molecule has 1 N–H and O–H groups in total. The van der Waals surface area contributed by atoms with Crippen LogP contribution in [-0.4, -0.2) is 33.9 Å². The zero-order valence-corrected chi connectivity index (χ0v) is 10.4. The van der Waals surface area contributed by atoms with Crippen LogP contribution in [0.1, 0.15) is 19.3 Å². The van der Waals surface area contributed by atoms with Gasteiger partial charge in [0.05, 0.1) is 0 Å². The lowest BCUT2D eigenvalue weighted by Crippen LogP contribution is -2.35. The lowest BCUT2D eigenvalue weighted by Gasteiger charge is -2.19. The van der Waals surface area contributed by atoms with E-state index in [1.54, 1.807) is 0 Å². The second kappa shape index (κ2) is 4.41. The second-order valence-corrected chi connectivity index (χ2v) is 6.29. The minimum atomic E-state index is 0.513. The lowest BCUT2D eigenvalue weighted by molar-refractivity contribution is 0.357. The van der Waals surface area contributed by atoms with E-state index >= 15 is 0 Å². The Kier molecular flexibility index (Phi) is 2.94. The summed E-state index contributed by atoms with van der Waals surface area (Å²) in [5.41, 5.74) is 0.513. The van der Waals surface area contributed by atoms with E-state index in [-0.39, 0.29) is 0 Å². The number of thioether (sulfide) groups is 1. The van der Waals surface area contributed by atoms with Crippen LogP contribution >= 0.6 is 11.8 Å². The first-order chi connectivity index (χ1) is 7.86. The van der Waals surface area contributed by atoms with Crippen molar-refractivity contribution in [2.75, 3.05) is 18.1 Å². The fourth-order valence-electron chi connectivity index (χ4n) is 2.36. The first kappa shape index (κ1) is 10.7. The van der Waals surface area contributed by atoms with E-state index in [1.807, 2.05) is 12.3 Å². The van der Waals surface area contributed by atoms with E-state index < -0.39 is 0 Å². The molecule has 1 atom stereocenters. The summed E-state index contributed by atoms with van der Waals surface area (Å²) in [6.07, 6.45) is 8.02. The van der Waals surface area contributed by atoms with E-state index in [0.717, 1.165) is 12.6 Å². The van der Waals surface area contributed by atoms with E-state index in [9.17, 15) is 0 Å². The molecular weight excluding hydrogens is 218 g/mol. The maximum Gasteiger partial charge on any atom is 0.0489 e. The Bertz CT molecular complexity index is 326. The van der Waals surface area contributed by atoms with Gasteiger partial charge in [-0.3, -0.25) is 4.68 Å². The third kappa shape index (κ3) is 2.43. The molecular formula is C12H19N3S. The zero-order chi connectivity index (χ0) is 10.8. The third-order valence-electron chi connectivity index (χ3n) is 3.71. The molecule has 2 fully saturated rings. The van der Waals surface area contributed by atoms with E-state index in [0.29, 0.717) is 5.41 Å². The molecule has 88 valence electrons. The normalized spacial score (nSPS) is 27.1. The third-order valence-corrected chi connectivity index (χ3v) is 4.87. The number of hydrogen-bond donors (Lipinski definition) is 1. The van der Waals surface area contributed by atoms with Crippen molar-refractivity contribution in [1.29, 1.82) is 0 Å². The fourth-order valence-corrected chi connectivity index (χ4v) is 3.55. The maximum atomic E-state index is 4.31. The van der Waals surface area contributed by atoms with Crippen LogP contribution in [0.15, 0.2) is 18.5 Å². The van der Waals surface area contributed by atoms with Gasteiger partial charge in [0, 0.05) is 42.7 Å². The van der Waals surface area contributed by atoms with Crippen LogP contribution in [0.3, 0.4) is 0 Å². The van der Waals surface area contributed by atoms with E-state index in [4.69, 9.17) is 0 Å². The molecule has 2 aliphatic rings. The van der Waals surface area contributed by atoms with E-state index in [2.05, 4.69) is 33.1 Å².